The van der Waals surface area contributed by atoms with Crippen LogP contribution in [0.4, 0.5) is 11.6 Å². The molecule has 1 aromatic carbocycles. The molecule has 0 aliphatic carbocycles. The number of ether oxygens (including phenoxy) is 1. The predicted molar refractivity (Wildman–Crippen MR) is 113 cm³/mol. The van der Waals surface area contributed by atoms with Crippen molar-refractivity contribution >= 4 is 29.1 Å². The molecule has 9 nitrogen and oxygen atoms in total. The van der Waals surface area contributed by atoms with Crippen LogP contribution in [0.2, 0.25) is 0 Å². The van der Waals surface area contributed by atoms with E-state index < -0.39 is 0 Å². The summed E-state index contributed by atoms with van der Waals surface area (Å²) in [6, 6.07) is 13.4. The van der Waals surface area contributed by atoms with Gasteiger partial charge in [0.2, 0.25) is 17.8 Å². The highest BCUT2D eigenvalue weighted by Gasteiger charge is 2.22. The summed E-state index contributed by atoms with van der Waals surface area (Å²) in [6.07, 6.45) is 2.06. The summed E-state index contributed by atoms with van der Waals surface area (Å²) >= 11 is 0. The van der Waals surface area contributed by atoms with Crippen LogP contribution >= 0.6 is 0 Å². The Labute approximate surface area is 174 Å². The zero-order valence-corrected chi connectivity index (χ0v) is 16.8. The zero-order valence-electron chi connectivity index (χ0n) is 16.8. The van der Waals surface area contributed by atoms with Crippen molar-refractivity contribution in [2.24, 2.45) is 0 Å². The van der Waals surface area contributed by atoms with Crippen LogP contribution < -0.4 is 15.0 Å². The third-order valence-corrected chi connectivity index (χ3v) is 5.20. The van der Waals surface area contributed by atoms with Crippen LogP contribution in [0.3, 0.4) is 0 Å². The monoisotopic (exact) mass is 408 g/mol. The van der Waals surface area contributed by atoms with Crippen LogP contribution in [0.1, 0.15) is 12.8 Å². The van der Waals surface area contributed by atoms with Crippen molar-refractivity contribution in [3.63, 3.8) is 0 Å². The second-order valence-electron chi connectivity index (χ2n) is 7.07. The molecule has 0 bridgehead atoms. The fourth-order valence-corrected chi connectivity index (χ4v) is 3.50. The number of methoxy groups -OCH3 is 1. The molecule has 0 spiro atoms. The summed E-state index contributed by atoms with van der Waals surface area (Å²) in [5.41, 5.74) is 1.77. The molecule has 2 aromatic heterocycles. The van der Waals surface area contributed by atoms with E-state index in [2.05, 4.69) is 20.4 Å². The number of amides is 2. The molecule has 4 rings (SSSR count). The third-order valence-electron chi connectivity index (χ3n) is 5.20. The van der Waals surface area contributed by atoms with Gasteiger partial charge in [-0.1, -0.05) is 6.07 Å². The molecule has 1 fully saturated rings. The normalized spacial score (nSPS) is 14.0. The number of anilines is 2. The number of nitrogens with one attached hydrogen (secondary N) is 1. The van der Waals surface area contributed by atoms with Gasteiger partial charge in [0.05, 0.1) is 7.11 Å². The van der Waals surface area contributed by atoms with Gasteiger partial charge in [-0.3, -0.25) is 19.3 Å². The van der Waals surface area contributed by atoms with Crippen LogP contribution in [0.15, 0.2) is 48.7 Å². The molecule has 9 heteroatoms. The molecule has 1 aliphatic heterocycles. The molecule has 156 valence electrons. The smallest absolute Gasteiger partial charge is 0.235 e. The van der Waals surface area contributed by atoms with E-state index >= 15 is 0 Å². The number of aromatic nitrogens is 3. The SMILES string of the molecule is COc1ccc(N2CCN(C(=O)CCC(=O)Nc3nnc4ccccn34)CC2)cc1. The van der Waals surface area contributed by atoms with Gasteiger partial charge in [0.1, 0.15) is 5.75 Å². The van der Waals surface area contributed by atoms with E-state index in [0.717, 1.165) is 24.5 Å². The standard InChI is InChI=1S/C21H24N6O3/c1-30-17-7-5-16(6-8-17)25-12-14-26(15-13-25)20(29)10-9-19(28)22-21-24-23-18-4-2-3-11-27(18)21/h2-8,11H,9-10,12-15H2,1H3,(H,22,24,28). The Kier molecular flexibility index (Phi) is 5.78. The minimum absolute atomic E-state index is 0.00867. The lowest BCUT2D eigenvalue weighted by atomic mass is 10.2. The van der Waals surface area contributed by atoms with Crippen LogP contribution in [0, 0.1) is 0 Å². The molecular weight excluding hydrogens is 384 g/mol. The van der Waals surface area contributed by atoms with Gasteiger partial charge in [-0.2, -0.15) is 0 Å². The number of hydrogen-bond donors (Lipinski definition) is 1. The summed E-state index contributed by atoms with van der Waals surface area (Å²) in [5, 5.41) is 10.7. The second kappa shape index (κ2) is 8.81. The van der Waals surface area contributed by atoms with Crippen molar-refractivity contribution in [1.82, 2.24) is 19.5 Å². The minimum atomic E-state index is -0.252. The molecule has 30 heavy (non-hydrogen) atoms. The maximum absolute atomic E-state index is 12.5. The molecule has 3 heterocycles. The number of carbonyl (C=O) groups is 2. The van der Waals surface area contributed by atoms with E-state index in [4.69, 9.17) is 4.74 Å². The van der Waals surface area contributed by atoms with Crippen LogP contribution in [0.25, 0.3) is 5.65 Å². The van der Waals surface area contributed by atoms with Gasteiger partial charge >= 0.3 is 0 Å². The lowest BCUT2D eigenvalue weighted by Crippen LogP contribution is -2.48. The molecule has 3 aromatic rings. The summed E-state index contributed by atoms with van der Waals surface area (Å²) in [5.74, 6) is 0.921. The molecule has 0 radical (unpaired) electrons. The number of rotatable bonds is 6. The highest BCUT2D eigenvalue weighted by molar-refractivity contribution is 5.92. The number of benzene rings is 1. The summed E-state index contributed by atoms with van der Waals surface area (Å²) in [4.78, 5) is 28.8. The summed E-state index contributed by atoms with van der Waals surface area (Å²) < 4.78 is 6.88. The second-order valence-corrected chi connectivity index (χ2v) is 7.07. The molecule has 2 amide bonds. The largest absolute Gasteiger partial charge is 0.497 e. The van der Waals surface area contributed by atoms with Gasteiger partial charge < -0.3 is 14.5 Å². The molecule has 1 N–H and O–H groups in total. The maximum Gasteiger partial charge on any atom is 0.235 e. The third kappa shape index (κ3) is 4.35. The van der Waals surface area contributed by atoms with E-state index in [1.807, 2.05) is 41.3 Å². The topological polar surface area (TPSA) is 92.1 Å². The first-order valence-corrected chi connectivity index (χ1v) is 9.90. The summed E-state index contributed by atoms with van der Waals surface area (Å²) in [6.45, 7) is 2.80. The van der Waals surface area contributed by atoms with Gasteiger partial charge in [-0.25, -0.2) is 0 Å². The van der Waals surface area contributed by atoms with Crippen LogP contribution in [-0.4, -0.2) is 64.6 Å². The fourth-order valence-electron chi connectivity index (χ4n) is 3.50. The Hall–Kier alpha value is -3.62. The fraction of sp³-hybridized carbons (Fsp3) is 0.333. The minimum Gasteiger partial charge on any atom is -0.497 e. The Balaban J connectivity index is 1.24. The number of carbonyl (C=O) groups excluding carboxylic acids is 2. The molecular formula is C21H24N6O3. The Bertz CT molecular complexity index is 1020. The first kappa shape index (κ1) is 19.7. The van der Waals surface area contributed by atoms with Crippen molar-refractivity contribution in [3.05, 3.63) is 48.7 Å². The van der Waals surface area contributed by atoms with E-state index in [9.17, 15) is 9.59 Å². The number of pyridine rings is 1. The van der Waals surface area contributed by atoms with E-state index in [1.54, 1.807) is 23.8 Å². The van der Waals surface area contributed by atoms with Crippen molar-refractivity contribution < 1.29 is 14.3 Å². The lowest BCUT2D eigenvalue weighted by molar-refractivity contribution is -0.133. The summed E-state index contributed by atoms with van der Waals surface area (Å²) in [7, 11) is 1.65. The van der Waals surface area contributed by atoms with Crippen molar-refractivity contribution in [3.8, 4) is 5.75 Å². The van der Waals surface area contributed by atoms with Crippen molar-refractivity contribution in [2.45, 2.75) is 12.8 Å². The first-order chi connectivity index (χ1) is 14.6. The van der Waals surface area contributed by atoms with Gasteiger partial charge in [-0.15, -0.1) is 10.2 Å². The van der Waals surface area contributed by atoms with Gasteiger partial charge in [0, 0.05) is 50.9 Å². The average molecular weight is 408 g/mol. The van der Waals surface area contributed by atoms with Gasteiger partial charge in [0.15, 0.2) is 5.65 Å². The number of nitrogens with zero attached hydrogens (tertiary/aromatic N) is 5. The van der Waals surface area contributed by atoms with Crippen LogP contribution in [-0.2, 0) is 9.59 Å². The highest BCUT2D eigenvalue weighted by atomic mass is 16.5. The quantitative estimate of drug-likeness (QED) is 0.669. The lowest BCUT2D eigenvalue weighted by Gasteiger charge is -2.36. The number of fused-ring (bicyclic) bond motifs is 1. The van der Waals surface area contributed by atoms with Crippen molar-refractivity contribution in [1.29, 1.82) is 0 Å². The molecule has 0 unspecified atom stereocenters. The number of hydrogen-bond acceptors (Lipinski definition) is 6. The number of piperazine rings is 1. The Morgan fingerprint density at radius 2 is 1.77 bits per heavy atom. The average Bonchev–Trinajstić information content (AvgIpc) is 3.20. The molecule has 1 saturated heterocycles. The predicted octanol–water partition coefficient (Wildman–Crippen LogP) is 1.81. The van der Waals surface area contributed by atoms with Gasteiger partial charge in [-0.05, 0) is 36.4 Å². The van der Waals surface area contributed by atoms with Gasteiger partial charge in [0.25, 0.3) is 0 Å². The molecule has 0 atom stereocenters. The van der Waals surface area contributed by atoms with E-state index in [1.165, 1.54) is 0 Å². The Morgan fingerprint density at radius 3 is 2.50 bits per heavy atom. The Morgan fingerprint density at radius 1 is 1.00 bits per heavy atom. The van der Waals surface area contributed by atoms with Crippen molar-refractivity contribution in [2.75, 3.05) is 43.5 Å². The highest BCUT2D eigenvalue weighted by Crippen LogP contribution is 2.20. The van der Waals surface area contributed by atoms with Crippen LogP contribution in [0.5, 0.6) is 5.75 Å². The zero-order chi connectivity index (χ0) is 20.9. The maximum atomic E-state index is 12.5. The first-order valence-electron chi connectivity index (χ1n) is 9.90. The van der Waals surface area contributed by atoms with E-state index in [0.29, 0.717) is 24.7 Å². The molecule has 0 saturated carbocycles. The van der Waals surface area contributed by atoms with E-state index in [-0.39, 0.29) is 24.7 Å². The molecule has 1 aliphatic rings.